The molecule has 4 aromatic rings. The zero-order valence-electron chi connectivity index (χ0n) is 17.3. The fourth-order valence-corrected chi connectivity index (χ4v) is 3.37. The molecule has 7 nitrogen and oxygen atoms in total. The summed E-state index contributed by atoms with van der Waals surface area (Å²) in [5.74, 6) is 3.17. The van der Waals surface area contributed by atoms with E-state index in [9.17, 15) is 0 Å². The van der Waals surface area contributed by atoms with Gasteiger partial charge in [0, 0.05) is 17.2 Å². The van der Waals surface area contributed by atoms with Gasteiger partial charge in [-0.15, -0.1) is 10.2 Å². The predicted octanol–water partition coefficient (Wildman–Crippen LogP) is 4.33. The first-order chi connectivity index (χ1) is 14.7. The van der Waals surface area contributed by atoms with Gasteiger partial charge in [-0.05, 0) is 24.6 Å². The molecule has 7 heteroatoms. The molecule has 0 amide bonds. The molecular weight excluding hydrogens is 380 g/mol. The number of aromatic nitrogens is 4. The summed E-state index contributed by atoms with van der Waals surface area (Å²) in [6.07, 6.45) is 0. The van der Waals surface area contributed by atoms with E-state index >= 15 is 0 Å². The lowest BCUT2D eigenvalue weighted by molar-refractivity contribution is 0.363. The van der Waals surface area contributed by atoms with Crippen LogP contribution in [0.3, 0.4) is 0 Å². The van der Waals surface area contributed by atoms with Crippen molar-refractivity contribution in [1.29, 1.82) is 0 Å². The topological polar surface area (TPSA) is 71.3 Å². The van der Waals surface area contributed by atoms with Gasteiger partial charge in [-0.2, -0.15) is 4.98 Å². The van der Waals surface area contributed by atoms with Crippen molar-refractivity contribution in [2.75, 3.05) is 21.3 Å². The maximum absolute atomic E-state index is 5.48. The van der Waals surface area contributed by atoms with Crippen LogP contribution in [0.2, 0.25) is 0 Å². The number of benzene rings is 2. The number of hydrogen-bond acceptors (Lipinski definition) is 6. The molecule has 0 aliphatic rings. The SMILES string of the molecule is COc1ccc(-n2c(C)nnc2-c2ccc(-c3ccccc3OC)cc2)c(OC)n1. The van der Waals surface area contributed by atoms with E-state index in [-0.39, 0.29) is 0 Å². The lowest BCUT2D eigenvalue weighted by atomic mass is 10.0. The van der Waals surface area contributed by atoms with Crippen LogP contribution in [-0.2, 0) is 0 Å². The molecule has 0 aliphatic carbocycles. The highest BCUT2D eigenvalue weighted by molar-refractivity contribution is 5.73. The Morgan fingerprint density at radius 2 is 1.47 bits per heavy atom. The normalized spacial score (nSPS) is 10.7. The van der Waals surface area contributed by atoms with Crippen molar-refractivity contribution in [3.63, 3.8) is 0 Å². The highest BCUT2D eigenvalue weighted by Crippen LogP contribution is 2.33. The van der Waals surface area contributed by atoms with Crippen LogP contribution in [0.4, 0.5) is 0 Å². The summed E-state index contributed by atoms with van der Waals surface area (Å²) in [6, 6.07) is 19.7. The maximum Gasteiger partial charge on any atom is 0.241 e. The first-order valence-electron chi connectivity index (χ1n) is 9.41. The highest BCUT2D eigenvalue weighted by Gasteiger charge is 2.18. The fourth-order valence-electron chi connectivity index (χ4n) is 3.37. The molecule has 2 heterocycles. The number of hydrogen-bond donors (Lipinski definition) is 0. The van der Waals surface area contributed by atoms with Crippen LogP contribution >= 0.6 is 0 Å². The lowest BCUT2D eigenvalue weighted by Gasteiger charge is -2.13. The third-order valence-electron chi connectivity index (χ3n) is 4.84. The maximum atomic E-state index is 5.48. The van der Waals surface area contributed by atoms with E-state index in [2.05, 4.69) is 15.2 Å². The van der Waals surface area contributed by atoms with Crippen LogP contribution in [0.15, 0.2) is 60.7 Å². The van der Waals surface area contributed by atoms with Gasteiger partial charge >= 0.3 is 0 Å². The van der Waals surface area contributed by atoms with Gasteiger partial charge in [-0.3, -0.25) is 4.57 Å². The van der Waals surface area contributed by atoms with Crippen molar-refractivity contribution in [1.82, 2.24) is 19.7 Å². The Morgan fingerprint density at radius 1 is 0.733 bits per heavy atom. The largest absolute Gasteiger partial charge is 0.496 e. The number of ether oxygens (including phenoxy) is 3. The molecular formula is C23H22N4O3. The van der Waals surface area contributed by atoms with Crippen molar-refractivity contribution in [2.45, 2.75) is 6.92 Å². The molecule has 0 aliphatic heterocycles. The number of pyridine rings is 1. The van der Waals surface area contributed by atoms with Crippen molar-refractivity contribution >= 4 is 0 Å². The van der Waals surface area contributed by atoms with Gasteiger partial charge < -0.3 is 14.2 Å². The summed E-state index contributed by atoms with van der Waals surface area (Å²) in [5, 5.41) is 8.66. The summed E-state index contributed by atoms with van der Waals surface area (Å²) < 4.78 is 18.1. The van der Waals surface area contributed by atoms with Crippen molar-refractivity contribution in [3.8, 4) is 45.7 Å². The Bertz CT molecular complexity index is 1170. The van der Waals surface area contributed by atoms with Crippen LogP contribution in [0.5, 0.6) is 17.5 Å². The van der Waals surface area contributed by atoms with Gasteiger partial charge in [-0.1, -0.05) is 42.5 Å². The summed E-state index contributed by atoms with van der Waals surface area (Å²) in [7, 11) is 4.82. The molecule has 0 saturated carbocycles. The molecule has 152 valence electrons. The number of aryl methyl sites for hydroxylation is 1. The standard InChI is InChI=1S/C23H22N4O3/c1-15-25-26-22(27(15)19-13-14-21(29-3)24-23(19)30-4)17-11-9-16(10-12-17)18-7-5-6-8-20(18)28-2/h5-14H,1-4H3. The second kappa shape index (κ2) is 8.24. The Kier molecular flexibility index (Phi) is 5.34. The predicted molar refractivity (Wildman–Crippen MR) is 114 cm³/mol. The van der Waals surface area contributed by atoms with E-state index in [0.29, 0.717) is 17.6 Å². The van der Waals surface area contributed by atoms with Gasteiger partial charge in [-0.25, -0.2) is 0 Å². The number of rotatable bonds is 6. The molecule has 30 heavy (non-hydrogen) atoms. The first-order valence-corrected chi connectivity index (χ1v) is 9.41. The summed E-state index contributed by atoms with van der Waals surface area (Å²) in [5.41, 5.74) is 3.75. The van der Waals surface area contributed by atoms with Crippen molar-refractivity contribution in [2.24, 2.45) is 0 Å². The second-order valence-corrected chi connectivity index (χ2v) is 6.57. The van der Waals surface area contributed by atoms with Crippen LogP contribution < -0.4 is 14.2 Å². The zero-order valence-corrected chi connectivity index (χ0v) is 17.3. The van der Waals surface area contributed by atoms with Gasteiger partial charge in [0.15, 0.2) is 5.82 Å². The third-order valence-corrected chi connectivity index (χ3v) is 4.84. The Hall–Kier alpha value is -3.87. The smallest absolute Gasteiger partial charge is 0.241 e. The Morgan fingerprint density at radius 3 is 2.17 bits per heavy atom. The van der Waals surface area contributed by atoms with E-state index in [1.807, 2.05) is 66.1 Å². The minimum atomic E-state index is 0.434. The number of methoxy groups -OCH3 is 3. The molecule has 0 radical (unpaired) electrons. The first kappa shape index (κ1) is 19.4. The number of para-hydroxylation sites is 1. The molecule has 0 atom stereocenters. The van der Waals surface area contributed by atoms with Gasteiger partial charge in [0.05, 0.1) is 21.3 Å². The summed E-state index contributed by atoms with van der Waals surface area (Å²) >= 11 is 0. The van der Waals surface area contributed by atoms with Gasteiger partial charge in [0.25, 0.3) is 0 Å². The molecule has 2 aromatic heterocycles. The van der Waals surface area contributed by atoms with E-state index in [1.54, 1.807) is 27.4 Å². The van der Waals surface area contributed by atoms with Gasteiger partial charge in [0.1, 0.15) is 17.3 Å². The van der Waals surface area contributed by atoms with Crippen molar-refractivity contribution in [3.05, 3.63) is 66.5 Å². The molecule has 0 saturated heterocycles. The lowest BCUT2D eigenvalue weighted by Crippen LogP contribution is -2.04. The molecule has 0 unspecified atom stereocenters. The molecule has 4 rings (SSSR count). The molecule has 0 bridgehead atoms. The van der Waals surface area contributed by atoms with Crippen LogP contribution in [0.1, 0.15) is 5.82 Å². The molecule has 2 aromatic carbocycles. The average molecular weight is 402 g/mol. The van der Waals surface area contributed by atoms with Crippen molar-refractivity contribution < 1.29 is 14.2 Å². The minimum Gasteiger partial charge on any atom is -0.496 e. The van der Waals surface area contributed by atoms with E-state index in [4.69, 9.17) is 14.2 Å². The summed E-state index contributed by atoms with van der Waals surface area (Å²) in [6.45, 7) is 1.89. The Balaban J connectivity index is 1.77. The molecule has 0 N–H and O–H groups in total. The molecule has 0 fully saturated rings. The highest BCUT2D eigenvalue weighted by atomic mass is 16.5. The quantitative estimate of drug-likeness (QED) is 0.478. The minimum absolute atomic E-state index is 0.434. The van der Waals surface area contributed by atoms with Crippen LogP contribution in [0.25, 0.3) is 28.2 Å². The van der Waals surface area contributed by atoms with Crippen LogP contribution in [0, 0.1) is 6.92 Å². The zero-order chi connectivity index (χ0) is 21.1. The average Bonchev–Trinajstić information content (AvgIpc) is 3.19. The monoisotopic (exact) mass is 402 g/mol. The summed E-state index contributed by atoms with van der Waals surface area (Å²) in [4.78, 5) is 4.38. The van der Waals surface area contributed by atoms with E-state index in [0.717, 1.165) is 34.0 Å². The van der Waals surface area contributed by atoms with E-state index in [1.165, 1.54) is 0 Å². The fraction of sp³-hybridized carbons (Fsp3) is 0.174. The molecule has 0 spiro atoms. The van der Waals surface area contributed by atoms with Crippen LogP contribution in [-0.4, -0.2) is 41.1 Å². The Labute approximate surface area is 174 Å². The van der Waals surface area contributed by atoms with E-state index < -0.39 is 0 Å². The third kappa shape index (κ3) is 3.45. The number of nitrogens with zero attached hydrogens (tertiary/aromatic N) is 4. The second-order valence-electron chi connectivity index (χ2n) is 6.57. The van der Waals surface area contributed by atoms with Gasteiger partial charge in [0.2, 0.25) is 11.8 Å².